The summed E-state index contributed by atoms with van der Waals surface area (Å²) in [6.45, 7) is 3.49. The van der Waals surface area contributed by atoms with Crippen molar-refractivity contribution in [3.05, 3.63) is 0 Å². The van der Waals surface area contributed by atoms with E-state index in [9.17, 15) is 4.21 Å². The van der Waals surface area contributed by atoms with Gasteiger partial charge in [-0.15, -0.1) is 0 Å². The lowest BCUT2D eigenvalue weighted by Gasteiger charge is -2.16. The molecule has 3 unspecified atom stereocenters. The topological polar surface area (TPSA) is 52.3 Å². The van der Waals surface area contributed by atoms with E-state index in [-0.39, 0.29) is 6.04 Å². The Morgan fingerprint density at radius 1 is 1.75 bits per heavy atom. The van der Waals surface area contributed by atoms with Crippen LogP contribution in [-0.4, -0.2) is 35.0 Å². The summed E-state index contributed by atoms with van der Waals surface area (Å²) in [7, 11) is -0.734. The molecule has 0 bridgehead atoms. The maximum Gasteiger partial charge on any atom is 0.0510 e. The molecule has 0 aromatic rings. The fraction of sp³-hybridized carbons (Fsp3) is 1.00. The summed E-state index contributed by atoms with van der Waals surface area (Å²) in [5.41, 5.74) is 5.88. The van der Waals surface area contributed by atoms with Crippen LogP contribution in [0.25, 0.3) is 0 Å². The van der Waals surface area contributed by atoms with Gasteiger partial charge >= 0.3 is 0 Å². The van der Waals surface area contributed by atoms with Gasteiger partial charge in [-0.3, -0.25) is 4.21 Å². The quantitative estimate of drug-likeness (QED) is 0.686. The van der Waals surface area contributed by atoms with Crippen LogP contribution < -0.4 is 5.73 Å². The Labute approximate surface area is 76.1 Å². The first-order valence-electron chi connectivity index (χ1n) is 4.42. The van der Waals surface area contributed by atoms with E-state index in [1.54, 1.807) is 0 Å². The SMILES string of the molecule is CCS(=O)CC(N)C1CCOC1. The summed E-state index contributed by atoms with van der Waals surface area (Å²) in [5.74, 6) is 1.77. The second-order valence-corrected chi connectivity index (χ2v) is 4.97. The van der Waals surface area contributed by atoms with Crippen LogP contribution in [0.2, 0.25) is 0 Å². The molecule has 0 aromatic carbocycles. The predicted molar refractivity (Wildman–Crippen MR) is 50.5 cm³/mol. The number of hydrogen-bond donors (Lipinski definition) is 1. The van der Waals surface area contributed by atoms with Gasteiger partial charge in [-0.1, -0.05) is 6.92 Å². The lowest BCUT2D eigenvalue weighted by Crippen LogP contribution is -2.36. The minimum atomic E-state index is -0.734. The Balaban J connectivity index is 2.26. The van der Waals surface area contributed by atoms with Crippen LogP contribution in [0.4, 0.5) is 0 Å². The summed E-state index contributed by atoms with van der Waals surface area (Å²) >= 11 is 0. The van der Waals surface area contributed by atoms with Crippen molar-refractivity contribution in [2.75, 3.05) is 24.7 Å². The summed E-state index contributed by atoms with van der Waals surface area (Å²) in [6, 6.07) is 0.0632. The van der Waals surface area contributed by atoms with Gasteiger partial charge in [-0.05, 0) is 6.42 Å². The van der Waals surface area contributed by atoms with Crippen LogP contribution in [0, 0.1) is 5.92 Å². The highest BCUT2D eigenvalue weighted by Crippen LogP contribution is 2.15. The van der Waals surface area contributed by atoms with Crippen molar-refractivity contribution >= 4 is 10.8 Å². The van der Waals surface area contributed by atoms with Gasteiger partial charge in [-0.25, -0.2) is 0 Å². The third-order valence-corrected chi connectivity index (χ3v) is 3.67. The second-order valence-electron chi connectivity index (χ2n) is 3.18. The van der Waals surface area contributed by atoms with Crippen molar-refractivity contribution in [1.29, 1.82) is 0 Å². The van der Waals surface area contributed by atoms with Gasteiger partial charge in [0, 0.05) is 40.9 Å². The molecule has 72 valence electrons. The highest BCUT2D eigenvalue weighted by atomic mass is 32.2. The van der Waals surface area contributed by atoms with Crippen molar-refractivity contribution in [2.24, 2.45) is 11.7 Å². The van der Waals surface area contributed by atoms with Crippen LogP contribution in [0.1, 0.15) is 13.3 Å². The number of ether oxygens (including phenoxy) is 1. The Morgan fingerprint density at radius 3 is 3.00 bits per heavy atom. The van der Waals surface area contributed by atoms with Crippen LogP contribution in [0.3, 0.4) is 0 Å². The Hall–Kier alpha value is 0.0700. The van der Waals surface area contributed by atoms with Crippen molar-refractivity contribution < 1.29 is 8.95 Å². The molecule has 1 aliphatic rings. The van der Waals surface area contributed by atoms with Gasteiger partial charge in [0.1, 0.15) is 0 Å². The Kier molecular flexibility index (Phi) is 4.18. The minimum Gasteiger partial charge on any atom is -0.381 e. The lowest BCUT2D eigenvalue weighted by molar-refractivity contribution is 0.182. The van der Waals surface area contributed by atoms with Gasteiger partial charge in [0.15, 0.2) is 0 Å². The van der Waals surface area contributed by atoms with E-state index < -0.39 is 10.8 Å². The molecular weight excluding hydrogens is 174 g/mol. The summed E-state index contributed by atoms with van der Waals surface area (Å²) < 4.78 is 16.4. The second kappa shape index (κ2) is 4.94. The molecular formula is C8H17NO2S. The average Bonchev–Trinajstić information content (AvgIpc) is 2.56. The predicted octanol–water partition coefficient (Wildman–Crippen LogP) is 0.119. The summed E-state index contributed by atoms with van der Waals surface area (Å²) in [6.07, 6.45) is 1.03. The molecule has 12 heavy (non-hydrogen) atoms. The van der Waals surface area contributed by atoms with Crippen molar-refractivity contribution in [2.45, 2.75) is 19.4 Å². The van der Waals surface area contributed by atoms with Crippen molar-refractivity contribution in [3.8, 4) is 0 Å². The molecule has 1 saturated heterocycles. The van der Waals surface area contributed by atoms with E-state index in [2.05, 4.69) is 0 Å². The van der Waals surface area contributed by atoms with E-state index in [4.69, 9.17) is 10.5 Å². The molecule has 3 atom stereocenters. The highest BCUT2D eigenvalue weighted by Gasteiger charge is 2.23. The number of nitrogens with two attached hydrogens (primary N) is 1. The summed E-state index contributed by atoms with van der Waals surface area (Å²) in [4.78, 5) is 0. The van der Waals surface area contributed by atoms with E-state index >= 15 is 0 Å². The van der Waals surface area contributed by atoms with E-state index in [1.807, 2.05) is 6.92 Å². The van der Waals surface area contributed by atoms with Crippen molar-refractivity contribution in [3.63, 3.8) is 0 Å². The molecule has 0 amide bonds. The van der Waals surface area contributed by atoms with Gasteiger partial charge in [0.05, 0.1) is 6.61 Å². The van der Waals surface area contributed by atoms with Crippen LogP contribution in [0.15, 0.2) is 0 Å². The average molecular weight is 191 g/mol. The Morgan fingerprint density at radius 2 is 2.50 bits per heavy atom. The minimum absolute atomic E-state index is 0.0632. The monoisotopic (exact) mass is 191 g/mol. The maximum atomic E-state index is 11.2. The molecule has 0 radical (unpaired) electrons. The Bertz CT molecular complexity index is 157. The smallest absolute Gasteiger partial charge is 0.0510 e. The first-order chi connectivity index (χ1) is 5.74. The molecule has 0 aliphatic carbocycles. The molecule has 1 heterocycles. The van der Waals surface area contributed by atoms with Crippen LogP contribution in [0.5, 0.6) is 0 Å². The normalized spacial score (nSPS) is 28.7. The highest BCUT2D eigenvalue weighted by molar-refractivity contribution is 7.84. The zero-order valence-corrected chi connectivity index (χ0v) is 8.31. The van der Waals surface area contributed by atoms with Crippen molar-refractivity contribution in [1.82, 2.24) is 0 Å². The number of hydrogen-bond acceptors (Lipinski definition) is 3. The third-order valence-electron chi connectivity index (χ3n) is 2.27. The molecule has 0 spiro atoms. The molecule has 2 N–H and O–H groups in total. The van der Waals surface area contributed by atoms with E-state index in [0.29, 0.717) is 17.4 Å². The lowest BCUT2D eigenvalue weighted by atomic mass is 10.0. The molecule has 1 aliphatic heterocycles. The van der Waals surface area contributed by atoms with Crippen LogP contribution in [-0.2, 0) is 15.5 Å². The first-order valence-corrected chi connectivity index (χ1v) is 5.91. The van der Waals surface area contributed by atoms with Gasteiger partial charge < -0.3 is 10.5 Å². The third kappa shape index (κ3) is 2.84. The summed E-state index contributed by atoms with van der Waals surface area (Å²) in [5, 5.41) is 0. The maximum absolute atomic E-state index is 11.2. The first kappa shape index (κ1) is 10.2. The molecule has 1 fully saturated rings. The van der Waals surface area contributed by atoms with Gasteiger partial charge in [0.25, 0.3) is 0 Å². The van der Waals surface area contributed by atoms with E-state index in [0.717, 1.165) is 19.6 Å². The molecule has 0 aromatic heterocycles. The standard InChI is InChI=1S/C8H17NO2S/c1-2-12(10)6-8(9)7-3-4-11-5-7/h7-8H,2-6,9H2,1H3. The number of rotatable bonds is 4. The fourth-order valence-corrected chi connectivity index (χ4v) is 2.30. The zero-order chi connectivity index (χ0) is 8.97. The van der Waals surface area contributed by atoms with Gasteiger partial charge in [0.2, 0.25) is 0 Å². The molecule has 0 saturated carbocycles. The largest absolute Gasteiger partial charge is 0.381 e. The molecule has 1 rings (SSSR count). The van der Waals surface area contributed by atoms with Crippen LogP contribution >= 0.6 is 0 Å². The van der Waals surface area contributed by atoms with E-state index in [1.165, 1.54) is 0 Å². The van der Waals surface area contributed by atoms with Gasteiger partial charge in [-0.2, -0.15) is 0 Å². The molecule has 4 heteroatoms. The zero-order valence-electron chi connectivity index (χ0n) is 7.49. The molecule has 3 nitrogen and oxygen atoms in total. The fourth-order valence-electron chi connectivity index (χ4n) is 1.36.